The van der Waals surface area contributed by atoms with Gasteiger partial charge in [-0.25, -0.2) is 0 Å². The van der Waals surface area contributed by atoms with Gasteiger partial charge in [0.2, 0.25) is 0 Å². The summed E-state index contributed by atoms with van der Waals surface area (Å²) in [6.07, 6.45) is 7.88. The summed E-state index contributed by atoms with van der Waals surface area (Å²) in [4.78, 5) is 7.43. The molecule has 0 saturated carbocycles. The second kappa shape index (κ2) is 4.49. The molecule has 0 amide bonds. The van der Waals surface area contributed by atoms with Crippen molar-refractivity contribution in [3.8, 4) is 0 Å². The number of allylic oxidation sites excluding steroid dienone is 1. The van der Waals surface area contributed by atoms with Crippen LogP contribution in [-0.4, -0.2) is 9.97 Å². The molecule has 0 aliphatic carbocycles. The first-order valence-corrected chi connectivity index (χ1v) is 5.99. The van der Waals surface area contributed by atoms with Crippen LogP contribution in [0.2, 0.25) is 0 Å². The highest BCUT2D eigenvalue weighted by atomic mass is 14.7. The molecule has 1 aromatic carbocycles. The van der Waals surface area contributed by atoms with Crippen LogP contribution >= 0.6 is 0 Å². The average Bonchev–Trinajstić information content (AvgIpc) is 2.84. The Hall–Kier alpha value is -2.35. The summed E-state index contributed by atoms with van der Waals surface area (Å²) in [6.45, 7) is 2.13. The number of benzene rings is 1. The molecule has 0 radical (unpaired) electrons. The summed E-state index contributed by atoms with van der Waals surface area (Å²) in [7, 11) is 0. The molecule has 0 atom stereocenters. The lowest BCUT2D eigenvalue weighted by molar-refractivity contribution is 1.32. The minimum Gasteiger partial charge on any atom is -0.361 e. The molecule has 2 aromatic heterocycles. The lowest BCUT2D eigenvalue weighted by Gasteiger charge is -2.00. The molecule has 0 aliphatic heterocycles. The zero-order chi connectivity index (χ0) is 12.4. The Balaban J connectivity index is 2.07. The van der Waals surface area contributed by atoms with Gasteiger partial charge in [0.25, 0.3) is 0 Å². The quantitative estimate of drug-likeness (QED) is 0.709. The van der Waals surface area contributed by atoms with Crippen molar-refractivity contribution in [3.63, 3.8) is 0 Å². The van der Waals surface area contributed by atoms with Gasteiger partial charge in [-0.1, -0.05) is 24.3 Å². The number of aromatic amines is 1. The number of aromatic nitrogens is 2. The van der Waals surface area contributed by atoms with Crippen LogP contribution < -0.4 is 0 Å². The third-order valence-corrected chi connectivity index (χ3v) is 3.08. The van der Waals surface area contributed by atoms with Gasteiger partial charge < -0.3 is 4.98 Å². The van der Waals surface area contributed by atoms with Gasteiger partial charge in [-0.2, -0.15) is 0 Å². The van der Waals surface area contributed by atoms with Crippen LogP contribution in [0.3, 0.4) is 0 Å². The predicted octanol–water partition coefficient (Wildman–Crippen LogP) is 4.12. The molecule has 18 heavy (non-hydrogen) atoms. The lowest BCUT2D eigenvalue weighted by Crippen LogP contribution is -1.79. The zero-order valence-corrected chi connectivity index (χ0v) is 10.2. The number of hydrogen-bond donors (Lipinski definition) is 1. The molecular weight excluding hydrogens is 220 g/mol. The highest BCUT2D eigenvalue weighted by molar-refractivity contribution is 5.96. The van der Waals surface area contributed by atoms with Crippen molar-refractivity contribution in [2.24, 2.45) is 0 Å². The van der Waals surface area contributed by atoms with Crippen LogP contribution in [0.5, 0.6) is 0 Å². The molecule has 2 heterocycles. The van der Waals surface area contributed by atoms with Gasteiger partial charge in [0, 0.05) is 35.1 Å². The standard InChI is InChI=1S/C16H14N2/c1-12(9-13-5-4-8-17-10-13)15-11-18-16-7-3-2-6-14(15)16/h2-11,18H,1H3/b12-9-. The normalized spacial score (nSPS) is 11.9. The second-order valence-corrected chi connectivity index (χ2v) is 4.36. The largest absolute Gasteiger partial charge is 0.361 e. The molecule has 3 aromatic rings. The first kappa shape index (κ1) is 10.8. The maximum atomic E-state index is 4.13. The topological polar surface area (TPSA) is 28.7 Å². The van der Waals surface area contributed by atoms with E-state index >= 15 is 0 Å². The number of para-hydroxylation sites is 1. The molecule has 0 fully saturated rings. The fourth-order valence-corrected chi connectivity index (χ4v) is 2.19. The molecule has 0 spiro atoms. The minimum absolute atomic E-state index is 1.13. The summed E-state index contributed by atoms with van der Waals surface area (Å²) in [5.41, 5.74) is 4.78. The van der Waals surface area contributed by atoms with Gasteiger partial charge in [-0.15, -0.1) is 0 Å². The third-order valence-electron chi connectivity index (χ3n) is 3.08. The SMILES string of the molecule is C/C(=C/c1cccnc1)c1c[nH]c2ccccc12. The second-order valence-electron chi connectivity index (χ2n) is 4.36. The van der Waals surface area contributed by atoms with Crippen LogP contribution in [0, 0.1) is 0 Å². The minimum atomic E-state index is 1.13. The number of nitrogens with one attached hydrogen (secondary N) is 1. The molecule has 1 N–H and O–H groups in total. The van der Waals surface area contributed by atoms with E-state index in [0.717, 1.165) is 5.56 Å². The Morgan fingerprint density at radius 1 is 1.17 bits per heavy atom. The van der Waals surface area contributed by atoms with Gasteiger partial charge in [-0.3, -0.25) is 4.98 Å². The van der Waals surface area contributed by atoms with Crippen molar-refractivity contribution in [1.82, 2.24) is 9.97 Å². The Morgan fingerprint density at radius 3 is 2.89 bits per heavy atom. The summed E-state index contributed by atoms with van der Waals surface area (Å²) >= 11 is 0. The molecule has 2 nitrogen and oxygen atoms in total. The summed E-state index contributed by atoms with van der Waals surface area (Å²) in [5, 5.41) is 1.26. The smallest absolute Gasteiger partial charge is 0.0460 e. The Morgan fingerprint density at radius 2 is 2.06 bits per heavy atom. The highest BCUT2D eigenvalue weighted by Gasteiger charge is 2.04. The van der Waals surface area contributed by atoms with Crippen molar-refractivity contribution < 1.29 is 0 Å². The number of hydrogen-bond acceptors (Lipinski definition) is 1. The Bertz CT molecular complexity index is 693. The predicted molar refractivity (Wildman–Crippen MR) is 76.1 cm³/mol. The van der Waals surface area contributed by atoms with Crippen molar-refractivity contribution in [2.75, 3.05) is 0 Å². The van der Waals surface area contributed by atoms with Gasteiger partial charge >= 0.3 is 0 Å². The van der Waals surface area contributed by atoms with Crippen LogP contribution in [0.1, 0.15) is 18.1 Å². The Labute approximate surface area is 106 Å². The van der Waals surface area contributed by atoms with Gasteiger partial charge in [0.05, 0.1) is 0 Å². The van der Waals surface area contributed by atoms with E-state index in [4.69, 9.17) is 0 Å². The lowest BCUT2D eigenvalue weighted by atomic mass is 10.0. The Kier molecular flexibility index (Phi) is 2.69. The van der Waals surface area contributed by atoms with Crippen LogP contribution in [-0.2, 0) is 0 Å². The molecule has 88 valence electrons. The molecule has 0 saturated heterocycles. The first-order chi connectivity index (χ1) is 8.84. The maximum Gasteiger partial charge on any atom is 0.0460 e. The average molecular weight is 234 g/mol. The fraction of sp³-hybridized carbons (Fsp3) is 0.0625. The van der Waals surface area contributed by atoms with Crippen molar-refractivity contribution >= 4 is 22.6 Å². The molecule has 0 unspecified atom stereocenters. The van der Waals surface area contributed by atoms with E-state index in [1.165, 1.54) is 22.0 Å². The van der Waals surface area contributed by atoms with E-state index in [-0.39, 0.29) is 0 Å². The summed E-state index contributed by atoms with van der Waals surface area (Å²) < 4.78 is 0. The van der Waals surface area contributed by atoms with Crippen LogP contribution in [0.15, 0.2) is 55.0 Å². The van der Waals surface area contributed by atoms with Crippen molar-refractivity contribution in [2.45, 2.75) is 6.92 Å². The number of fused-ring (bicyclic) bond motifs is 1. The van der Waals surface area contributed by atoms with Crippen LogP contribution in [0.4, 0.5) is 0 Å². The third kappa shape index (κ3) is 1.93. The van der Waals surface area contributed by atoms with Gasteiger partial charge in [0.1, 0.15) is 0 Å². The van der Waals surface area contributed by atoms with Crippen molar-refractivity contribution in [3.05, 3.63) is 66.1 Å². The maximum absolute atomic E-state index is 4.13. The zero-order valence-electron chi connectivity index (χ0n) is 10.2. The number of nitrogens with zero attached hydrogens (tertiary/aromatic N) is 1. The van der Waals surface area contributed by atoms with Crippen molar-refractivity contribution in [1.29, 1.82) is 0 Å². The molecule has 2 heteroatoms. The molecule has 3 rings (SSSR count). The summed E-state index contributed by atoms with van der Waals surface area (Å²) in [6, 6.07) is 12.4. The van der Waals surface area contributed by atoms with E-state index in [9.17, 15) is 0 Å². The number of pyridine rings is 1. The van der Waals surface area contributed by atoms with E-state index in [0.29, 0.717) is 0 Å². The van der Waals surface area contributed by atoms with E-state index < -0.39 is 0 Å². The molecule has 0 aliphatic rings. The monoisotopic (exact) mass is 234 g/mol. The van der Waals surface area contributed by atoms with Gasteiger partial charge in [0.15, 0.2) is 0 Å². The number of H-pyrrole nitrogens is 1. The first-order valence-electron chi connectivity index (χ1n) is 5.99. The van der Waals surface area contributed by atoms with E-state index in [1.807, 2.05) is 18.3 Å². The van der Waals surface area contributed by atoms with Gasteiger partial charge in [-0.05, 0) is 36.3 Å². The number of rotatable bonds is 2. The fourth-order valence-electron chi connectivity index (χ4n) is 2.19. The molecular formula is C16H14N2. The van der Waals surface area contributed by atoms with E-state index in [2.05, 4.69) is 53.4 Å². The van der Waals surface area contributed by atoms with Crippen LogP contribution in [0.25, 0.3) is 22.6 Å². The molecule has 0 bridgehead atoms. The highest BCUT2D eigenvalue weighted by Crippen LogP contribution is 2.25. The summed E-state index contributed by atoms with van der Waals surface area (Å²) in [5.74, 6) is 0. The van der Waals surface area contributed by atoms with E-state index in [1.54, 1.807) is 6.20 Å².